The maximum absolute atomic E-state index is 13.2. The van der Waals surface area contributed by atoms with Crippen molar-refractivity contribution in [2.75, 3.05) is 0 Å². The average Bonchev–Trinajstić information content (AvgIpc) is 3.04. The van der Waals surface area contributed by atoms with Gasteiger partial charge in [0.15, 0.2) is 5.78 Å². The maximum atomic E-state index is 13.2. The lowest BCUT2D eigenvalue weighted by molar-refractivity contribution is -0.137. The molecule has 0 radical (unpaired) electrons. The molecular weight excluding hydrogens is 452 g/mol. The lowest BCUT2D eigenvalue weighted by atomic mass is 9.82. The molecule has 0 aromatic carbocycles. The summed E-state index contributed by atoms with van der Waals surface area (Å²) in [5.41, 5.74) is 2.38. The molecule has 2 heterocycles. The number of pyridine rings is 1. The van der Waals surface area contributed by atoms with Crippen molar-refractivity contribution in [3.8, 4) is 17.9 Å². The first-order valence-corrected chi connectivity index (χ1v) is 12.1. The third kappa shape index (κ3) is 6.88. The van der Waals surface area contributed by atoms with E-state index in [2.05, 4.69) is 22.9 Å². The van der Waals surface area contributed by atoms with Gasteiger partial charge in [-0.25, -0.2) is 13.8 Å². The number of aromatic nitrogens is 2. The number of rotatable bonds is 11. The van der Waals surface area contributed by atoms with Gasteiger partial charge < -0.3 is 9.67 Å². The van der Waals surface area contributed by atoms with Crippen LogP contribution in [0.5, 0.6) is 0 Å². The van der Waals surface area contributed by atoms with Gasteiger partial charge in [0.25, 0.3) is 5.92 Å². The summed E-state index contributed by atoms with van der Waals surface area (Å²) in [7, 11) is 1.85. The maximum Gasteiger partial charge on any atom is 0.303 e. The van der Waals surface area contributed by atoms with Crippen LogP contribution >= 0.6 is 0 Å². The van der Waals surface area contributed by atoms with Crippen LogP contribution in [0.4, 0.5) is 8.78 Å². The molecule has 1 fully saturated rings. The fourth-order valence-electron chi connectivity index (χ4n) is 4.65. The molecule has 35 heavy (non-hydrogen) atoms. The SMILES string of the molecule is CC(CC(=O)O)CC(=O)c1c(CCCCCCC#CC2CC(F)(F)C2)n(C)c2ncc(C#N)cc12. The summed E-state index contributed by atoms with van der Waals surface area (Å²) in [6.07, 6.45) is 6.27. The largest absolute Gasteiger partial charge is 0.481 e. The molecule has 1 unspecified atom stereocenters. The fraction of sp³-hybridized carbons (Fsp3) is 0.556. The first-order chi connectivity index (χ1) is 16.6. The number of halogens is 2. The number of nitrogens with zero attached hydrogens (tertiary/aromatic N) is 3. The molecule has 0 spiro atoms. The van der Waals surface area contributed by atoms with E-state index in [0.29, 0.717) is 35.0 Å². The molecule has 8 heteroatoms. The van der Waals surface area contributed by atoms with Gasteiger partial charge in [0, 0.05) is 67.9 Å². The van der Waals surface area contributed by atoms with Crippen LogP contribution in [0.25, 0.3) is 11.0 Å². The number of aliphatic carboxylic acids is 1. The molecular formula is C27H31F2N3O3. The second-order valence-corrected chi connectivity index (χ2v) is 9.61. The molecule has 186 valence electrons. The number of unbranched alkanes of at least 4 members (excludes halogenated alkanes) is 4. The van der Waals surface area contributed by atoms with Gasteiger partial charge in [-0.15, -0.1) is 5.92 Å². The molecule has 0 aliphatic heterocycles. The second kappa shape index (κ2) is 11.4. The number of carbonyl (C=O) groups is 2. The second-order valence-electron chi connectivity index (χ2n) is 9.61. The minimum atomic E-state index is -2.53. The molecule has 1 N–H and O–H groups in total. The van der Waals surface area contributed by atoms with E-state index in [-0.39, 0.29) is 43.3 Å². The predicted molar refractivity (Wildman–Crippen MR) is 128 cm³/mol. The van der Waals surface area contributed by atoms with E-state index < -0.39 is 11.9 Å². The monoisotopic (exact) mass is 483 g/mol. The smallest absolute Gasteiger partial charge is 0.303 e. The highest BCUT2D eigenvalue weighted by Crippen LogP contribution is 2.41. The summed E-state index contributed by atoms with van der Waals surface area (Å²) in [6.45, 7) is 1.75. The quantitative estimate of drug-likeness (QED) is 0.252. The Morgan fingerprint density at radius 2 is 1.97 bits per heavy atom. The predicted octanol–water partition coefficient (Wildman–Crippen LogP) is 5.67. The van der Waals surface area contributed by atoms with Crippen molar-refractivity contribution in [1.29, 1.82) is 5.26 Å². The van der Waals surface area contributed by atoms with Gasteiger partial charge in [-0.05, 0) is 31.2 Å². The van der Waals surface area contributed by atoms with Gasteiger partial charge in [-0.2, -0.15) is 5.26 Å². The van der Waals surface area contributed by atoms with Crippen LogP contribution in [0, 0.1) is 35.0 Å². The number of alkyl halides is 2. The summed E-state index contributed by atoms with van der Waals surface area (Å²) in [6, 6.07) is 3.74. The van der Waals surface area contributed by atoms with Crippen LogP contribution in [-0.4, -0.2) is 32.3 Å². The van der Waals surface area contributed by atoms with Crippen LogP contribution in [0.2, 0.25) is 0 Å². The van der Waals surface area contributed by atoms with Crippen molar-refractivity contribution in [3.63, 3.8) is 0 Å². The third-order valence-corrected chi connectivity index (χ3v) is 6.47. The number of carbonyl (C=O) groups excluding carboxylic acids is 1. The van der Waals surface area contributed by atoms with E-state index >= 15 is 0 Å². The van der Waals surface area contributed by atoms with Crippen molar-refractivity contribution in [1.82, 2.24) is 9.55 Å². The fourth-order valence-corrected chi connectivity index (χ4v) is 4.65. The number of carboxylic acids is 1. The van der Waals surface area contributed by atoms with Crippen molar-refractivity contribution in [2.45, 2.75) is 77.1 Å². The molecule has 1 atom stereocenters. The number of nitriles is 1. The van der Waals surface area contributed by atoms with Crippen LogP contribution in [0.15, 0.2) is 12.3 Å². The Bertz CT molecular complexity index is 1190. The number of ketones is 1. The van der Waals surface area contributed by atoms with Crippen LogP contribution in [-0.2, 0) is 18.3 Å². The number of hydrogen-bond acceptors (Lipinski definition) is 4. The van der Waals surface area contributed by atoms with E-state index in [1.54, 1.807) is 13.0 Å². The summed E-state index contributed by atoms with van der Waals surface area (Å²) < 4.78 is 27.6. The molecule has 1 aliphatic carbocycles. The number of hydrogen-bond donors (Lipinski definition) is 1. The molecule has 6 nitrogen and oxygen atoms in total. The van der Waals surface area contributed by atoms with E-state index in [4.69, 9.17) is 5.11 Å². The molecule has 0 saturated heterocycles. The van der Waals surface area contributed by atoms with Gasteiger partial charge in [0.1, 0.15) is 11.7 Å². The minimum Gasteiger partial charge on any atom is -0.481 e. The molecule has 1 aliphatic rings. The minimum absolute atomic E-state index is 0.0837. The lowest BCUT2D eigenvalue weighted by Gasteiger charge is -2.31. The standard InChI is InChI=1S/C27H31F2N3O3/c1-18(12-24(34)35)11-23(33)25-21-13-20(16-30)17-31-26(21)32(2)22(25)10-8-6-4-3-5-7-9-19-14-27(28,29)15-19/h13,17-19H,3-6,8,10-12,14-15H2,1-2H3,(H,34,35). The zero-order valence-corrected chi connectivity index (χ0v) is 20.2. The van der Waals surface area contributed by atoms with Crippen molar-refractivity contribution in [3.05, 3.63) is 29.1 Å². The van der Waals surface area contributed by atoms with E-state index in [1.165, 1.54) is 6.20 Å². The summed E-state index contributed by atoms with van der Waals surface area (Å²) >= 11 is 0. The van der Waals surface area contributed by atoms with Gasteiger partial charge in [0.05, 0.1) is 5.56 Å². The first kappa shape index (κ1) is 26.3. The van der Waals surface area contributed by atoms with Gasteiger partial charge in [-0.1, -0.05) is 25.7 Å². The average molecular weight is 484 g/mol. The van der Waals surface area contributed by atoms with E-state index in [0.717, 1.165) is 31.4 Å². The zero-order valence-electron chi connectivity index (χ0n) is 20.2. The van der Waals surface area contributed by atoms with Gasteiger partial charge in [-0.3, -0.25) is 9.59 Å². The molecule has 2 aromatic heterocycles. The summed E-state index contributed by atoms with van der Waals surface area (Å²) in [4.78, 5) is 28.7. The normalized spacial score (nSPS) is 15.6. The Morgan fingerprint density at radius 1 is 1.26 bits per heavy atom. The highest BCUT2D eigenvalue weighted by atomic mass is 19.3. The molecule has 2 aromatic rings. The van der Waals surface area contributed by atoms with Gasteiger partial charge >= 0.3 is 5.97 Å². The van der Waals surface area contributed by atoms with Crippen LogP contribution < -0.4 is 0 Å². The van der Waals surface area contributed by atoms with Crippen molar-refractivity contribution in [2.24, 2.45) is 18.9 Å². The van der Waals surface area contributed by atoms with Crippen molar-refractivity contribution >= 4 is 22.8 Å². The molecule has 0 bridgehead atoms. The lowest BCUT2D eigenvalue weighted by Crippen LogP contribution is -2.34. The summed E-state index contributed by atoms with van der Waals surface area (Å²) in [5.74, 6) is 1.89. The first-order valence-electron chi connectivity index (χ1n) is 12.1. The molecule has 3 rings (SSSR count). The molecule has 1 saturated carbocycles. The number of Topliss-reactive ketones (excluding diaryl/α,β-unsaturated/α-hetero) is 1. The Balaban J connectivity index is 1.62. The molecule has 0 amide bonds. The Hall–Kier alpha value is -3.26. The number of carboxylic acid groups (broad SMARTS) is 1. The zero-order chi connectivity index (χ0) is 25.6. The van der Waals surface area contributed by atoms with Crippen LogP contribution in [0.3, 0.4) is 0 Å². The number of fused-ring (bicyclic) bond motifs is 1. The summed E-state index contributed by atoms with van der Waals surface area (Å²) in [5, 5.41) is 19.0. The Kier molecular flexibility index (Phi) is 8.62. The van der Waals surface area contributed by atoms with E-state index in [1.807, 2.05) is 11.6 Å². The number of aryl methyl sites for hydroxylation is 1. The van der Waals surface area contributed by atoms with E-state index in [9.17, 15) is 23.6 Å². The Labute approximate surface area is 204 Å². The Morgan fingerprint density at radius 3 is 2.63 bits per heavy atom. The van der Waals surface area contributed by atoms with Gasteiger partial charge in [0.2, 0.25) is 0 Å². The van der Waals surface area contributed by atoms with Crippen LogP contribution in [0.1, 0.15) is 86.3 Å². The topological polar surface area (TPSA) is 96.0 Å². The van der Waals surface area contributed by atoms with Crippen molar-refractivity contribution < 1.29 is 23.5 Å². The highest BCUT2D eigenvalue weighted by Gasteiger charge is 2.44. The highest BCUT2D eigenvalue weighted by molar-refractivity contribution is 6.09. The third-order valence-electron chi connectivity index (χ3n) is 6.47.